The molecule has 5 heteroatoms. The van der Waals surface area contributed by atoms with Gasteiger partial charge in [-0.25, -0.2) is 4.79 Å². The number of carbonyl (C=O) groups excluding carboxylic acids is 1. The number of Topliss-reactive ketones (excluding diaryl/α,β-unsaturated/α-hetero) is 1. The third-order valence-corrected chi connectivity index (χ3v) is 4.68. The molecule has 0 N–H and O–H groups in total. The molecule has 0 unspecified atom stereocenters. The number of ketones is 1. The zero-order valence-electron chi connectivity index (χ0n) is 12.5. The summed E-state index contributed by atoms with van der Waals surface area (Å²) >= 11 is 3.40. The van der Waals surface area contributed by atoms with Crippen molar-refractivity contribution in [3.8, 4) is 0 Å². The van der Waals surface area contributed by atoms with Crippen LogP contribution in [0.3, 0.4) is 0 Å². The van der Waals surface area contributed by atoms with Gasteiger partial charge >= 0.3 is 5.69 Å². The number of hydrogen-bond donors (Lipinski definition) is 0. The second-order valence-electron chi connectivity index (χ2n) is 5.21. The molecule has 0 saturated carbocycles. The standard InChI is InChI=1S/C16H17BrN2O2/c1-9-5-6-10(2)13(7-9)14(20)8-19-12(4)15(17)11(3)18-16(19)21/h5-7H,8H2,1-4H3. The first-order chi connectivity index (χ1) is 9.81. The SMILES string of the molecule is Cc1ccc(C)c(C(=O)Cn2c(C)c(Br)c(C)nc2=O)c1. The van der Waals surface area contributed by atoms with Crippen molar-refractivity contribution in [2.24, 2.45) is 0 Å². The normalized spacial score (nSPS) is 10.7. The molecule has 110 valence electrons. The lowest BCUT2D eigenvalue weighted by atomic mass is 10.0. The zero-order chi connectivity index (χ0) is 15.7. The largest absolute Gasteiger partial charge is 0.348 e. The van der Waals surface area contributed by atoms with Crippen molar-refractivity contribution in [2.75, 3.05) is 0 Å². The monoisotopic (exact) mass is 348 g/mol. The van der Waals surface area contributed by atoms with Gasteiger partial charge in [-0.1, -0.05) is 17.7 Å². The van der Waals surface area contributed by atoms with E-state index in [1.54, 1.807) is 13.8 Å². The Morgan fingerprint density at radius 1 is 1.24 bits per heavy atom. The number of rotatable bonds is 3. The van der Waals surface area contributed by atoms with E-state index >= 15 is 0 Å². The molecule has 1 aromatic heterocycles. The molecule has 0 amide bonds. The summed E-state index contributed by atoms with van der Waals surface area (Å²) in [6.45, 7) is 7.40. The van der Waals surface area contributed by atoms with Gasteiger partial charge < -0.3 is 0 Å². The van der Waals surface area contributed by atoms with Gasteiger partial charge in [0.25, 0.3) is 0 Å². The van der Waals surface area contributed by atoms with E-state index in [9.17, 15) is 9.59 Å². The van der Waals surface area contributed by atoms with E-state index in [4.69, 9.17) is 0 Å². The molecule has 0 spiro atoms. The molecule has 0 fully saturated rings. The first-order valence-corrected chi connectivity index (χ1v) is 7.44. The predicted molar refractivity (Wildman–Crippen MR) is 85.9 cm³/mol. The molecule has 21 heavy (non-hydrogen) atoms. The Morgan fingerprint density at radius 3 is 2.57 bits per heavy atom. The molecule has 1 aromatic carbocycles. The van der Waals surface area contributed by atoms with Crippen molar-refractivity contribution < 1.29 is 4.79 Å². The van der Waals surface area contributed by atoms with Gasteiger partial charge in [0.2, 0.25) is 0 Å². The highest BCUT2D eigenvalue weighted by Gasteiger charge is 2.15. The third-order valence-electron chi connectivity index (χ3n) is 3.53. The number of aryl methyl sites for hydroxylation is 3. The highest BCUT2D eigenvalue weighted by molar-refractivity contribution is 9.10. The van der Waals surface area contributed by atoms with Crippen molar-refractivity contribution in [3.05, 3.63) is 61.2 Å². The van der Waals surface area contributed by atoms with E-state index in [1.807, 2.05) is 32.0 Å². The molecule has 2 rings (SSSR count). The van der Waals surface area contributed by atoms with E-state index in [-0.39, 0.29) is 12.3 Å². The highest BCUT2D eigenvalue weighted by atomic mass is 79.9. The van der Waals surface area contributed by atoms with Crippen LogP contribution in [0.15, 0.2) is 27.5 Å². The Balaban J connectivity index is 2.43. The first kappa shape index (κ1) is 15.6. The van der Waals surface area contributed by atoms with E-state index in [0.29, 0.717) is 17.0 Å². The van der Waals surface area contributed by atoms with E-state index < -0.39 is 5.69 Å². The van der Waals surface area contributed by atoms with Gasteiger partial charge in [-0.15, -0.1) is 0 Å². The molecule has 0 radical (unpaired) electrons. The lowest BCUT2D eigenvalue weighted by Gasteiger charge is -2.12. The zero-order valence-corrected chi connectivity index (χ0v) is 14.1. The average Bonchev–Trinajstić information content (AvgIpc) is 2.43. The maximum Gasteiger partial charge on any atom is 0.348 e. The molecule has 0 aliphatic rings. The summed E-state index contributed by atoms with van der Waals surface area (Å²) in [7, 11) is 0. The minimum absolute atomic E-state index is 0.000833. The van der Waals surface area contributed by atoms with Gasteiger partial charge in [0, 0.05) is 11.3 Å². The lowest BCUT2D eigenvalue weighted by Crippen LogP contribution is -2.29. The Kier molecular flexibility index (Phi) is 4.42. The highest BCUT2D eigenvalue weighted by Crippen LogP contribution is 2.18. The molecule has 1 heterocycles. The summed E-state index contributed by atoms with van der Waals surface area (Å²) in [5, 5.41) is 0. The van der Waals surface area contributed by atoms with Crippen LogP contribution in [-0.2, 0) is 6.54 Å². The quantitative estimate of drug-likeness (QED) is 0.800. The maximum atomic E-state index is 12.5. The summed E-state index contributed by atoms with van der Waals surface area (Å²) in [6, 6.07) is 5.74. The van der Waals surface area contributed by atoms with E-state index in [2.05, 4.69) is 20.9 Å². The number of halogens is 1. The summed E-state index contributed by atoms with van der Waals surface area (Å²) < 4.78 is 2.16. The smallest absolute Gasteiger partial charge is 0.292 e. The third kappa shape index (κ3) is 3.13. The van der Waals surface area contributed by atoms with Crippen LogP contribution in [0.4, 0.5) is 0 Å². The Labute approximate surface area is 132 Å². The van der Waals surface area contributed by atoms with Gasteiger partial charge in [-0.05, 0) is 55.3 Å². The minimum atomic E-state index is -0.396. The van der Waals surface area contributed by atoms with Gasteiger partial charge in [0.1, 0.15) is 0 Å². The Morgan fingerprint density at radius 2 is 1.90 bits per heavy atom. The van der Waals surface area contributed by atoms with Gasteiger partial charge in [0.15, 0.2) is 5.78 Å². The van der Waals surface area contributed by atoms with Crippen molar-refractivity contribution in [1.82, 2.24) is 9.55 Å². The van der Waals surface area contributed by atoms with Crippen LogP contribution in [0.5, 0.6) is 0 Å². The lowest BCUT2D eigenvalue weighted by molar-refractivity contribution is 0.0968. The maximum absolute atomic E-state index is 12.5. The number of carbonyl (C=O) groups is 1. The average molecular weight is 349 g/mol. The summed E-state index contributed by atoms with van der Waals surface area (Å²) in [5.41, 5.74) is 3.54. The van der Waals surface area contributed by atoms with Crippen LogP contribution < -0.4 is 5.69 Å². The van der Waals surface area contributed by atoms with Crippen LogP contribution in [0.1, 0.15) is 32.9 Å². The first-order valence-electron chi connectivity index (χ1n) is 6.65. The van der Waals surface area contributed by atoms with Gasteiger partial charge in [-0.3, -0.25) is 9.36 Å². The van der Waals surface area contributed by atoms with Crippen LogP contribution in [-0.4, -0.2) is 15.3 Å². The van der Waals surface area contributed by atoms with Crippen molar-refractivity contribution in [3.63, 3.8) is 0 Å². The van der Waals surface area contributed by atoms with Crippen LogP contribution in [0, 0.1) is 27.7 Å². The van der Waals surface area contributed by atoms with Crippen molar-refractivity contribution >= 4 is 21.7 Å². The number of aromatic nitrogens is 2. The topological polar surface area (TPSA) is 52.0 Å². The minimum Gasteiger partial charge on any atom is -0.292 e. The molecular weight excluding hydrogens is 332 g/mol. The Bertz CT molecular complexity index is 779. The van der Waals surface area contributed by atoms with Crippen molar-refractivity contribution in [1.29, 1.82) is 0 Å². The molecular formula is C16H17BrN2O2. The van der Waals surface area contributed by atoms with Crippen molar-refractivity contribution in [2.45, 2.75) is 34.2 Å². The van der Waals surface area contributed by atoms with Gasteiger partial charge in [0.05, 0.1) is 16.7 Å². The van der Waals surface area contributed by atoms with Crippen LogP contribution in [0.25, 0.3) is 0 Å². The molecule has 0 saturated heterocycles. The summed E-state index contributed by atoms with van der Waals surface area (Å²) in [6.07, 6.45) is 0. The molecule has 0 aliphatic carbocycles. The molecule has 2 aromatic rings. The second kappa shape index (κ2) is 5.93. The molecule has 0 bridgehead atoms. The summed E-state index contributed by atoms with van der Waals surface area (Å²) in [4.78, 5) is 28.4. The summed E-state index contributed by atoms with van der Waals surface area (Å²) in [5.74, 6) is -0.0843. The molecule has 0 aliphatic heterocycles. The van der Waals surface area contributed by atoms with E-state index in [1.165, 1.54) is 4.57 Å². The van der Waals surface area contributed by atoms with Gasteiger partial charge in [-0.2, -0.15) is 4.98 Å². The Hall–Kier alpha value is -1.75. The van der Waals surface area contributed by atoms with Crippen LogP contribution >= 0.6 is 15.9 Å². The predicted octanol–water partition coefficient (Wildman–Crippen LogP) is 3.12. The van der Waals surface area contributed by atoms with E-state index in [0.717, 1.165) is 15.6 Å². The van der Waals surface area contributed by atoms with Crippen LogP contribution in [0.2, 0.25) is 0 Å². The number of nitrogens with zero attached hydrogens (tertiary/aromatic N) is 2. The fourth-order valence-electron chi connectivity index (χ4n) is 2.23. The fraction of sp³-hybridized carbons (Fsp3) is 0.312. The molecule has 0 atom stereocenters. The second-order valence-corrected chi connectivity index (χ2v) is 6.00. The number of hydrogen-bond acceptors (Lipinski definition) is 3. The fourth-order valence-corrected chi connectivity index (χ4v) is 2.53. The number of benzene rings is 1. The molecule has 4 nitrogen and oxygen atoms in total.